The fourth-order valence-electron chi connectivity index (χ4n) is 2.87. The lowest BCUT2D eigenvalue weighted by Gasteiger charge is -2.38. The van der Waals surface area contributed by atoms with Crippen LogP contribution in [-0.2, 0) is 16.0 Å². The molecular formula is C18H25NO4. The molecule has 0 bridgehead atoms. The first-order valence-corrected chi connectivity index (χ1v) is 7.95. The van der Waals surface area contributed by atoms with Crippen LogP contribution in [-0.4, -0.2) is 41.1 Å². The van der Waals surface area contributed by atoms with Crippen molar-refractivity contribution in [2.45, 2.75) is 45.6 Å². The monoisotopic (exact) mass is 319 g/mol. The highest BCUT2D eigenvalue weighted by molar-refractivity contribution is 5.69. The minimum absolute atomic E-state index is 0.203. The summed E-state index contributed by atoms with van der Waals surface area (Å²) in [5.41, 5.74) is -0.0627. The number of hydrogen-bond acceptors (Lipinski definition) is 4. The smallest absolute Gasteiger partial charge is 0.410 e. The Morgan fingerprint density at radius 3 is 2.52 bits per heavy atom. The van der Waals surface area contributed by atoms with Crippen molar-refractivity contribution in [2.75, 3.05) is 13.1 Å². The topological polar surface area (TPSA) is 66.8 Å². The Morgan fingerprint density at radius 2 is 2.00 bits per heavy atom. The first-order valence-electron chi connectivity index (χ1n) is 7.95. The molecule has 5 heteroatoms. The number of piperidine rings is 1. The highest BCUT2D eigenvalue weighted by Crippen LogP contribution is 2.34. The van der Waals surface area contributed by atoms with Crippen LogP contribution in [0.5, 0.6) is 5.75 Å². The quantitative estimate of drug-likeness (QED) is 0.869. The lowest BCUT2D eigenvalue weighted by molar-refractivity contribution is -0.118. The first-order chi connectivity index (χ1) is 10.7. The number of likely N-dealkylation sites (tertiary alicyclic amines) is 1. The summed E-state index contributed by atoms with van der Waals surface area (Å²) in [5, 5.41) is 9.56. The first kappa shape index (κ1) is 17.3. The van der Waals surface area contributed by atoms with E-state index in [4.69, 9.17) is 4.74 Å². The van der Waals surface area contributed by atoms with Crippen LogP contribution in [0.3, 0.4) is 0 Å². The van der Waals surface area contributed by atoms with Crippen molar-refractivity contribution in [1.82, 2.24) is 4.90 Å². The normalized spacial score (nSPS) is 17.6. The molecule has 5 nitrogen and oxygen atoms in total. The van der Waals surface area contributed by atoms with Gasteiger partial charge in [-0.25, -0.2) is 4.79 Å². The van der Waals surface area contributed by atoms with E-state index in [2.05, 4.69) is 0 Å². The fraction of sp³-hybridized carbons (Fsp3) is 0.556. The van der Waals surface area contributed by atoms with Crippen molar-refractivity contribution >= 4 is 12.4 Å². The fourth-order valence-corrected chi connectivity index (χ4v) is 2.87. The third-order valence-corrected chi connectivity index (χ3v) is 4.13. The summed E-state index contributed by atoms with van der Waals surface area (Å²) in [6.07, 6.45) is 2.46. The number of amides is 1. The molecule has 0 saturated carbocycles. The molecule has 0 atom stereocenters. The minimum atomic E-state index is -0.516. The van der Waals surface area contributed by atoms with Gasteiger partial charge in [-0.05, 0) is 57.7 Å². The molecule has 1 saturated heterocycles. The van der Waals surface area contributed by atoms with Gasteiger partial charge in [0.05, 0.1) is 0 Å². The molecule has 0 aliphatic carbocycles. The highest BCUT2D eigenvalue weighted by Gasteiger charge is 2.37. The van der Waals surface area contributed by atoms with Crippen molar-refractivity contribution in [2.24, 2.45) is 5.41 Å². The summed E-state index contributed by atoms with van der Waals surface area (Å²) < 4.78 is 5.38. The average molecular weight is 319 g/mol. The lowest BCUT2D eigenvalue weighted by Crippen LogP contribution is -2.46. The van der Waals surface area contributed by atoms with Gasteiger partial charge in [-0.1, -0.05) is 12.1 Å². The molecule has 0 unspecified atom stereocenters. The Hall–Kier alpha value is -2.04. The van der Waals surface area contributed by atoms with E-state index in [1.54, 1.807) is 23.1 Å². The van der Waals surface area contributed by atoms with Gasteiger partial charge < -0.3 is 19.5 Å². The van der Waals surface area contributed by atoms with E-state index in [0.29, 0.717) is 32.4 Å². The molecule has 126 valence electrons. The molecular weight excluding hydrogens is 294 g/mol. The van der Waals surface area contributed by atoms with E-state index in [-0.39, 0.29) is 11.8 Å². The molecule has 0 aromatic heterocycles. The van der Waals surface area contributed by atoms with E-state index >= 15 is 0 Å². The molecule has 1 fully saturated rings. The molecule has 1 aromatic rings. The van der Waals surface area contributed by atoms with Crippen molar-refractivity contribution in [1.29, 1.82) is 0 Å². The van der Waals surface area contributed by atoms with Gasteiger partial charge in [-0.2, -0.15) is 0 Å². The van der Waals surface area contributed by atoms with E-state index in [1.165, 1.54) is 0 Å². The number of carbonyl (C=O) groups excluding carboxylic acids is 2. The standard InChI is InChI=1S/C18H25NO4/c1-17(2,3)23-16(22)19-9-7-18(13-20,8-10-19)12-14-5-4-6-15(21)11-14/h4-6,11,13,21H,7-10,12H2,1-3H3. The molecule has 1 aromatic carbocycles. The maximum atomic E-state index is 12.1. The van der Waals surface area contributed by atoms with Gasteiger partial charge in [0.2, 0.25) is 0 Å². The molecule has 1 amide bonds. The van der Waals surface area contributed by atoms with E-state index in [0.717, 1.165) is 11.8 Å². The number of phenolic OH excluding ortho intramolecular Hbond substituents is 1. The molecule has 23 heavy (non-hydrogen) atoms. The third-order valence-electron chi connectivity index (χ3n) is 4.13. The highest BCUT2D eigenvalue weighted by atomic mass is 16.6. The number of carbonyl (C=O) groups is 2. The lowest BCUT2D eigenvalue weighted by atomic mass is 9.75. The van der Waals surface area contributed by atoms with Crippen molar-refractivity contribution in [3.63, 3.8) is 0 Å². The summed E-state index contributed by atoms with van der Waals surface area (Å²) in [6, 6.07) is 6.98. The summed E-state index contributed by atoms with van der Waals surface area (Å²) in [5.74, 6) is 0.203. The van der Waals surface area contributed by atoms with E-state index < -0.39 is 11.0 Å². The number of phenols is 1. The summed E-state index contributed by atoms with van der Waals surface area (Å²) in [6.45, 7) is 6.53. The van der Waals surface area contributed by atoms with Gasteiger partial charge >= 0.3 is 6.09 Å². The Kier molecular flexibility index (Phi) is 4.97. The number of rotatable bonds is 3. The third kappa shape index (κ3) is 4.71. The largest absolute Gasteiger partial charge is 0.508 e. The van der Waals surface area contributed by atoms with Crippen LogP contribution in [0.25, 0.3) is 0 Å². The minimum Gasteiger partial charge on any atom is -0.508 e. The number of benzene rings is 1. The second kappa shape index (κ2) is 6.60. The number of aromatic hydroxyl groups is 1. The number of hydrogen-bond donors (Lipinski definition) is 1. The Bertz CT molecular complexity index is 569. The predicted octanol–water partition coefficient (Wildman–Crippen LogP) is 3.15. The summed E-state index contributed by atoms with van der Waals surface area (Å²) >= 11 is 0. The molecule has 0 radical (unpaired) electrons. The SMILES string of the molecule is CC(C)(C)OC(=O)N1CCC(C=O)(Cc2cccc(O)c2)CC1. The van der Waals surface area contributed by atoms with E-state index in [1.807, 2.05) is 26.8 Å². The van der Waals surface area contributed by atoms with Crippen LogP contribution in [0.4, 0.5) is 4.79 Å². The summed E-state index contributed by atoms with van der Waals surface area (Å²) in [7, 11) is 0. The molecule has 2 rings (SSSR count). The van der Waals surface area contributed by atoms with Gasteiger partial charge in [-0.15, -0.1) is 0 Å². The van der Waals surface area contributed by atoms with Crippen LogP contribution in [0, 0.1) is 5.41 Å². The van der Waals surface area contributed by atoms with Crippen LogP contribution >= 0.6 is 0 Å². The molecule has 1 N–H and O–H groups in total. The van der Waals surface area contributed by atoms with Gasteiger partial charge in [0.25, 0.3) is 0 Å². The van der Waals surface area contributed by atoms with Crippen LogP contribution < -0.4 is 0 Å². The van der Waals surface area contributed by atoms with Crippen LogP contribution in [0.1, 0.15) is 39.2 Å². The average Bonchev–Trinajstić information content (AvgIpc) is 2.46. The zero-order chi connectivity index (χ0) is 17.1. The Balaban J connectivity index is 1.99. The molecule has 1 heterocycles. The van der Waals surface area contributed by atoms with Gasteiger partial charge in [0, 0.05) is 18.5 Å². The molecule has 0 spiro atoms. The van der Waals surface area contributed by atoms with E-state index in [9.17, 15) is 14.7 Å². The van der Waals surface area contributed by atoms with Crippen LogP contribution in [0.15, 0.2) is 24.3 Å². The van der Waals surface area contributed by atoms with Gasteiger partial charge in [-0.3, -0.25) is 0 Å². The zero-order valence-electron chi connectivity index (χ0n) is 14.0. The number of nitrogens with zero attached hydrogens (tertiary/aromatic N) is 1. The van der Waals surface area contributed by atoms with Crippen molar-refractivity contribution in [3.8, 4) is 5.75 Å². The molecule has 1 aliphatic rings. The number of aldehydes is 1. The van der Waals surface area contributed by atoms with Crippen LogP contribution in [0.2, 0.25) is 0 Å². The van der Waals surface area contributed by atoms with Crippen molar-refractivity contribution < 1.29 is 19.4 Å². The maximum absolute atomic E-state index is 12.1. The van der Waals surface area contributed by atoms with Crippen molar-refractivity contribution in [3.05, 3.63) is 29.8 Å². The predicted molar refractivity (Wildman–Crippen MR) is 87.3 cm³/mol. The van der Waals surface area contributed by atoms with Gasteiger partial charge in [0.1, 0.15) is 17.6 Å². The molecule has 1 aliphatic heterocycles. The Morgan fingerprint density at radius 1 is 1.35 bits per heavy atom. The second-order valence-corrected chi connectivity index (χ2v) is 7.29. The Labute approximate surface area is 137 Å². The van der Waals surface area contributed by atoms with Gasteiger partial charge in [0.15, 0.2) is 0 Å². The number of ether oxygens (including phenoxy) is 1. The zero-order valence-corrected chi connectivity index (χ0v) is 14.0. The maximum Gasteiger partial charge on any atom is 0.410 e. The summed E-state index contributed by atoms with van der Waals surface area (Å²) in [4.78, 5) is 25.4. The second-order valence-electron chi connectivity index (χ2n) is 7.29.